The molecule has 0 saturated heterocycles. The van der Waals surface area contributed by atoms with Crippen LogP contribution in [-0.2, 0) is 0 Å². The lowest BCUT2D eigenvalue weighted by Crippen LogP contribution is -1.92. The molecule has 0 saturated carbocycles. The molecule has 0 radical (unpaired) electrons. The third-order valence-corrected chi connectivity index (χ3v) is 2.44. The second kappa shape index (κ2) is 4.01. The largest absolute Gasteiger partial charge is 0.398 e. The van der Waals surface area contributed by atoms with Gasteiger partial charge in [-0.1, -0.05) is 61.2 Å². The van der Waals surface area contributed by atoms with Crippen LogP contribution in [0.1, 0.15) is 5.56 Å². The average Bonchev–Trinajstić information content (AvgIpc) is 2.30. The van der Waals surface area contributed by atoms with E-state index in [0.717, 1.165) is 22.4 Å². The predicted octanol–water partition coefficient (Wildman–Crippen LogP) is 3.58. The van der Waals surface area contributed by atoms with E-state index in [0.29, 0.717) is 0 Å². The Labute approximate surface area is 89.9 Å². The number of nitrogens with two attached hydrogens (primary N) is 1. The molecule has 0 aromatic heterocycles. The van der Waals surface area contributed by atoms with Gasteiger partial charge in [-0.25, -0.2) is 0 Å². The lowest BCUT2D eigenvalue weighted by atomic mass is 10.0. The van der Waals surface area contributed by atoms with Gasteiger partial charge in [0.25, 0.3) is 0 Å². The maximum atomic E-state index is 6.05. The summed E-state index contributed by atoms with van der Waals surface area (Å²) in [5, 5.41) is 0. The molecule has 0 amide bonds. The number of rotatable bonds is 2. The molecule has 0 unspecified atom stereocenters. The minimum absolute atomic E-state index is 0.790. The first-order chi connectivity index (χ1) is 7.33. The first-order valence-corrected chi connectivity index (χ1v) is 4.89. The summed E-state index contributed by atoms with van der Waals surface area (Å²) in [6.07, 6.45) is 1.78. The molecule has 2 N–H and O–H groups in total. The molecule has 1 nitrogen and oxygen atoms in total. The lowest BCUT2D eigenvalue weighted by molar-refractivity contribution is 1.59. The van der Waals surface area contributed by atoms with Crippen LogP contribution in [0.15, 0.2) is 55.1 Å². The van der Waals surface area contributed by atoms with Crippen LogP contribution in [0.5, 0.6) is 0 Å². The second-order valence-corrected chi connectivity index (χ2v) is 3.38. The summed E-state index contributed by atoms with van der Waals surface area (Å²) < 4.78 is 0. The quantitative estimate of drug-likeness (QED) is 0.728. The molecule has 15 heavy (non-hydrogen) atoms. The maximum absolute atomic E-state index is 6.05. The number of nitrogen functional groups attached to an aromatic ring is 1. The molecule has 0 fully saturated rings. The van der Waals surface area contributed by atoms with Crippen molar-refractivity contribution in [3.05, 3.63) is 60.7 Å². The van der Waals surface area contributed by atoms with Gasteiger partial charge in [-0.3, -0.25) is 0 Å². The molecule has 0 aliphatic heterocycles. The highest BCUT2D eigenvalue weighted by Crippen LogP contribution is 2.28. The van der Waals surface area contributed by atoms with E-state index in [9.17, 15) is 0 Å². The predicted molar refractivity (Wildman–Crippen MR) is 66.4 cm³/mol. The molecule has 0 aliphatic rings. The summed E-state index contributed by atoms with van der Waals surface area (Å²) >= 11 is 0. The van der Waals surface area contributed by atoms with Crippen molar-refractivity contribution in [3.8, 4) is 11.1 Å². The Morgan fingerprint density at radius 3 is 2.33 bits per heavy atom. The maximum Gasteiger partial charge on any atom is 0.0467 e. The zero-order valence-electron chi connectivity index (χ0n) is 8.48. The van der Waals surface area contributed by atoms with E-state index in [4.69, 9.17) is 5.73 Å². The van der Waals surface area contributed by atoms with Gasteiger partial charge in [0.1, 0.15) is 0 Å². The van der Waals surface area contributed by atoms with Crippen molar-refractivity contribution in [3.63, 3.8) is 0 Å². The van der Waals surface area contributed by atoms with E-state index in [1.54, 1.807) is 6.08 Å². The van der Waals surface area contributed by atoms with Gasteiger partial charge in [0, 0.05) is 11.3 Å². The summed E-state index contributed by atoms with van der Waals surface area (Å²) in [4.78, 5) is 0. The van der Waals surface area contributed by atoms with Gasteiger partial charge in [0.05, 0.1) is 0 Å². The minimum atomic E-state index is 0.790. The van der Waals surface area contributed by atoms with Crippen LogP contribution in [0.2, 0.25) is 0 Å². The molecule has 2 aromatic rings. The molecule has 74 valence electrons. The highest BCUT2D eigenvalue weighted by atomic mass is 14.6. The van der Waals surface area contributed by atoms with Crippen LogP contribution in [0.25, 0.3) is 17.2 Å². The smallest absolute Gasteiger partial charge is 0.0467 e. The Kier molecular flexibility index (Phi) is 2.55. The monoisotopic (exact) mass is 195 g/mol. The number of para-hydroxylation sites is 1. The van der Waals surface area contributed by atoms with Crippen molar-refractivity contribution in [1.82, 2.24) is 0 Å². The first kappa shape index (κ1) is 9.53. The SMILES string of the molecule is C=Cc1cccc(-c2ccccc2)c1N. The van der Waals surface area contributed by atoms with E-state index < -0.39 is 0 Å². The minimum Gasteiger partial charge on any atom is -0.398 e. The number of anilines is 1. The summed E-state index contributed by atoms with van der Waals surface area (Å²) in [6, 6.07) is 16.1. The lowest BCUT2D eigenvalue weighted by Gasteiger charge is -2.08. The van der Waals surface area contributed by atoms with Gasteiger partial charge < -0.3 is 5.73 Å². The van der Waals surface area contributed by atoms with Gasteiger partial charge in [-0.05, 0) is 11.1 Å². The molecular weight excluding hydrogens is 182 g/mol. The van der Waals surface area contributed by atoms with Gasteiger partial charge in [-0.2, -0.15) is 0 Å². The van der Waals surface area contributed by atoms with E-state index in [-0.39, 0.29) is 0 Å². The Morgan fingerprint density at radius 1 is 0.933 bits per heavy atom. The van der Waals surface area contributed by atoms with E-state index in [1.807, 2.05) is 36.4 Å². The summed E-state index contributed by atoms with van der Waals surface area (Å²) in [6.45, 7) is 3.75. The summed E-state index contributed by atoms with van der Waals surface area (Å²) in [5.41, 5.74) is 10.0. The van der Waals surface area contributed by atoms with Gasteiger partial charge >= 0.3 is 0 Å². The molecule has 0 bridgehead atoms. The van der Waals surface area contributed by atoms with E-state index in [1.165, 1.54) is 0 Å². The fraction of sp³-hybridized carbons (Fsp3) is 0. The topological polar surface area (TPSA) is 26.0 Å². The Hall–Kier alpha value is -2.02. The van der Waals surface area contributed by atoms with Crippen molar-refractivity contribution in [2.45, 2.75) is 0 Å². The number of benzene rings is 2. The Morgan fingerprint density at radius 2 is 1.67 bits per heavy atom. The fourth-order valence-corrected chi connectivity index (χ4v) is 1.63. The van der Waals surface area contributed by atoms with Gasteiger partial charge in [0.15, 0.2) is 0 Å². The van der Waals surface area contributed by atoms with Crippen LogP contribution in [0.3, 0.4) is 0 Å². The Bertz CT molecular complexity index is 472. The van der Waals surface area contributed by atoms with Crippen LogP contribution in [-0.4, -0.2) is 0 Å². The van der Waals surface area contributed by atoms with Crippen molar-refractivity contribution < 1.29 is 0 Å². The van der Waals surface area contributed by atoms with Crippen molar-refractivity contribution in [2.24, 2.45) is 0 Å². The molecule has 2 aromatic carbocycles. The van der Waals surface area contributed by atoms with Crippen LogP contribution in [0, 0.1) is 0 Å². The van der Waals surface area contributed by atoms with Crippen LogP contribution in [0.4, 0.5) is 5.69 Å². The van der Waals surface area contributed by atoms with Crippen LogP contribution < -0.4 is 5.73 Å². The third-order valence-electron chi connectivity index (χ3n) is 2.44. The molecule has 0 heterocycles. The highest BCUT2D eigenvalue weighted by molar-refractivity contribution is 5.82. The third kappa shape index (κ3) is 1.77. The molecule has 0 atom stereocenters. The first-order valence-electron chi connectivity index (χ1n) is 4.89. The van der Waals surface area contributed by atoms with Gasteiger partial charge in [0.2, 0.25) is 0 Å². The number of hydrogen-bond donors (Lipinski definition) is 1. The molecular formula is C14H13N. The highest BCUT2D eigenvalue weighted by Gasteiger charge is 2.03. The zero-order chi connectivity index (χ0) is 10.7. The summed E-state index contributed by atoms with van der Waals surface area (Å²) in [7, 11) is 0. The normalized spacial score (nSPS) is 9.87. The van der Waals surface area contributed by atoms with Crippen molar-refractivity contribution in [1.29, 1.82) is 0 Å². The summed E-state index contributed by atoms with van der Waals surface area (Å²) in [5.74, 6) is 0. The zero-order valence-corrected chi connectivity index (χ0v) is 8.48. The van der Waals surface area contributed by atoms with Gasteiger partial charge in [-0.15, -0.1) is 0 Å². The molecule has 1 heteroatoms. The molecule has 2 rings (SSSR count). The van der Waals surface area contributed by atoms with Crippen molar-refractivity contribution >= 4 is 11.8 Å². The van der Waals surface area contributed by atoms with E-state index in [2.05, 4.69) is 18.7 Å². The van der Waals surface area contributed by atoms with Crippen LogP contribution >= 0.6 is 0 Å². The fourth-order valence-electron chi connectivity index (χ4n) is 1.63. The molecule has 0 aliphatic carbocycles. The second-order valence-electron chi connectivity index (χ2n) is 3.38. The Balaban J connectivity index is 2.59. The standard InChI is InChI=1S/C14H13N/c1-2-11-9-6-10-13(14(11)15)12-7-4-3-5-8-12/h2-10H,1,15H2. The van der Waals surface area contributed by atoms with Crippen molar-refractivity contribution in [2.75, 3.05) is 5.73 Å². The number of hydrogen-bond acceptors (Lipinski definition) is 1. The molecule has 0 spiro atoms. The van der Waals surface area contributed by atoms with E-state index >= 15 is 0 Å². The average molecular weight is 195 g/mol.